The molecule has 0 saturated carbocycles. The van der Waals surface area contributed by atoms with E-state index in [0.717, 1.165) is 27.6 Å². The number of carbonyl (C=O) groups is 1. The van der Waals surface area contributed by atoms with Gasteiger partial charge in [-0.05, 0) is 45.5 Å². The largest absolute Gasteiger partial charge is 0.454 e. The van der Waals surface area contributed by atoms with Crippen LogP contribution in [0.5, 0.6) is 11.5 Å². The predicted molar refractivity (Wildman–Crippen MR) is 93.7 cm³/mol. The molecule has 1 amide bonds. The fraction of sp³-hybridized carbons (Fsp3) is 0.412. The van der Waals surface area contributed by atoms with Gasteiger partial charge in [0.2, 0.25) is 12.7 Å². The van der Waals surface area contributed by atoms with Gasteiger partial charge in [-0.25, -0.2) is 4.98 Å². The molecule has 0 unspecified atom stereocenters. The van der Waals surface area contributed by atoms with Gasteiger partial charge in [0.25, 0.3) is 0 Å². The fourth-order valence-electron chi connectivity index (χ4n) is 2.40. The summed E-state index contributed by atoms with van der Waals surface area (Å²) in [7, 11) is 1.92. The van der Waals surface area contributed by atoms with Gasteiger partial charge < -0.3 is 14.8 Å². The minimum absolute atomic E-state index is 0.0630. The number of hydrogen-bond donors (Lipinski definition) is 1. The molecule has 2 aromatic rings. The Labute approximate surface area is 145 Å². The number of ether oxygens (including phenoxy) is 2. The van der Waals surface area contributed by atoms with Crippen LogP contribution in [0.1, 0.15) is 23.1 Å². The Hall–Kier alpha value is -2.12. The second kappa shape index (κ2) is 6.78. The van der Waals surface area contributed by atoms with Crippen LogP contribution in [-0.4, -0.2) is 35.7 Å². The van der Waals surface area contributed by atoms with Crippen molar-refractivity contribution in [2.45, 2.75) is 33.4 Å². The molecule has 0 aliphatic carbocycles. The van der Waals surface area contributed by atoms with Crippen LogP contribution in [0, 0.1) is 13.8 Å². The van der Waals surface area contributed by atoms with Gasteiger partial charge >= 0.3 is 0 Å². The highest BCUT2D eigenvalue weighted by Gasteiger charge is 2.21. The van der Waals surface area contributed by atoms with Crippen LogP contribution in [0.15, 0.2) is 18.2 Å². The van der Waals surface area contributed by atoms with Gasteiger partial charge in [0.1, 0.15) is 0 Å². The average molecular weight is 347 g/mol. The quantitative estimate of drug-likeness (QED) is 0.901. The summed E-state index contributed by atoms with van der Waals surface area (Å²) >= 11 is 1.50. The number of aromatic nitrogens is 1. The first-order chi connectivity index (χ1) is 11.4. The second-order valence-electron chi connectivity index (χ2n) is 5.93. The highest BCUT2D eigenvalue weighted by molar-refractivity contribution is 7.15. The lowest BCUT2D eigenvalue weighted by Crippen LogP contribution is -2.39. The number of anilines is 1. The van der Waals surface area contributed by atoms with Crippen LogP contribution in [-0.2, 0) is 11.3 Å². The molecule has 2 heterocycles. The van der Waals surface area contributed by atoms with Gasteiger partial charge in [0.15, 0.2) is 16.6 Å². The number of rotatable bonds is 5. The minimum atomic E-state index is -0.278. The number of amides is 1. The van der Waals surface area contributed by atoms with E-state index in [0.29, 0.717) is 11.7 Å². The third-order valence-corrected chi connectivity index (χ3v) is 5.16. The Kier molecular flexibility index (Phi) is 4.73. The molecule has 1 aromatic heterocycles. The smallest absolute Gasteiger partial charge is 0.243 e. The standard InChI is InChI=1S/C17H21N3O3S/c1-10-12(3)24-17(18-10)19-16(21)11(2)20(4)8-13-5-6-14-15(7-13)23-9-22-14/h5-7,11H,8-9H2,1-4H3,(H,18,19,21)/t11-/m0/s1. The van der Waals surface area contributed by atoms with E-state index in [1.165, 1.54) is 11.3 Å². The fourth-order valence-corrected chi connectivity index (χ4v) is 3.22. The molecule has 1 N–H and O–H groups in total. The van der Waals surface area contributed by atoms with E-state index in [4.69, 9.17) is 9.47 Å². The zero-order chi connectivity index (χ0) is 17.3. The van der Waals surface area contributed by atoms with E-state index in [1.54, 1.807) is 0 Å². The molecule has 24 heavy (non-hydrogen) atoms. The summed E-state index contributed by atoms with van der Waals surface area (Å²) in [5.74, 6) is 1.46. The van der Waals surface area contributed by atoms with Crippen molar-refractivity contribution in [1.29, 1.82) is 0 Å². The summed E-state index contributed by atoms with van der Waals surface area (Å²) < 4.78 is 10.7. The van der Waals surface area contributed by atoms with E-state index in [9.17, 15) is 4.79 Å². The summed E-state index contributed by atoms with van der Waals surface area (Å²) in [6.07, 6.45) is 0. The molecule has 128 valence electrons. The number of hydrogen-bond acceptors (Lipinski definition) is 6. The van der Waals surface area contributed by atoms with E-state index in [-0.39, 0.29) is 18.7 Å². The lowest BCUT2D eigenvalue weighted by molar-refractivity contribution is -0.120. The lowest BCUT2D eigenvalue weighted by Gasteiger charge is -2.23. The maximum absolute atomic E-state index is 12.4. The number of benzene rings is 1. The van der Waals surface area contributed by atoms with Crippen LogP contribution in [0.25, 0.3) is 0 Å². The Morgan fingerprint density at radius 2 is 2.12 bits per heavy atom. The molecule has 0 spiro atoms. The van der Waals surface area contributed by atoms with Crippen molar-refractivity contribution in [3.05, 3.63) is 34.3 Å². The Morgan fingerprint density at radius 3 is 2.83 bits per heavy atom. The number of fused-ring (bicyclic) bond motifs is 1. The third-order valence-electron chi connectivity index (χ3n) is 4.17. The summed E-state index contributed by atoms with van der Waals surface area (Å²) in [5, 5.41) is 3.55. The molecule has 1 aliphatic heterocycles. The maximum Gasteiger partial charge on any atom is 0.243 e. The molecule has 7 heteroatoms. The number of nitrogens with zero attached hydrogens (tertiary/aromatic N) is 2. The van der Waals surface area contributed by atoms with Crippen molar-refractivity contribution in [3.8, 4) is 11.5 Å². The first-order valence-electron chi connectivity index (χ1n) is 7.77. The molecule has 3 rings (SSSR count). The number of nitrogens with one attached hydrogen (secondary N) is 1. The molecule has 6 nitrogen and oxygen atoms in total. The number of thiazole rings is 1. The highest BCUT2D eigenvalue weighted by Crippen LogP contribution is 2.32. The van der Waals surface area contributed by atoms with Crippen LogP contribution >= 0.6 is 11.3 Å². The SMILES string of the molecule is Cc1nc(NC(=O)[C@H](C)N(C)Cc2ccc3c(c2)OCO3)sc1C. The van der Waals surface area contributed by atoms with Gasteiger partial charge in [-0.2, -0.15) is 0 Å². The summed E-state index contributed by atoms with van der Waals surface area (Å²) in [6.45, 7) is 6.73. The van der Waals surface area contributed by atoms with Crippen molar-refractivity contribution in [2.24, 2.45) is 0 Å². The molecule has 1 aromatic carbocycles. The third kappa shape index (κ3) is 3.52. The Bertz CT molecular complexity index is 740. The zero-order valence-electron chi connectivity index (χ0n) is 14.3. The van der Waals surface area contributed by atoms with Gasteiger partial charge in [-0.3, -0.25) is 9.69 Å². The van der Waals surface area contributed by atoms with Crippen molar-refractivity contribution in [1.82, 2.24) is 9.88 Å². The average Bonchev–Trinajstić information content (AvgIpc) is 3.12. The number of likely N-dealkylation sites (N-methyl/N-ethyl adjacent to an activating group) is 1. The van der Waals surface area contributed by atoms with Crippen LogP contribution in [0.4, 0.5) is 5.13 Å². The molecule has 0 saturated heterocycles. The molecule has 1 aliphatic rings. The maximum atomic E-state index is 12.4. The molecule has 0 fully saturated rings. The Morgan fingerprint density at radius 1 is 1.38 bits per heavy atom. The predicted octanol–water partition coefficient (Wildman–Crippen LogP) is 2.95. The molecule has 0 radical (unpaired) electrons. The lowest BCUT2D eigenvalue weighted by atomic mass is 10.1. The zero-order valence-corrected chi connectivity index (χ0v) is 15.1. The van der Waals surface area contributed by atoms with Crippen molar-refractivity contribution < 1.29 is 14.3 Å². The number of carbonyl (C=O) groups excluding carboxylic acids is 1. The van der Waals surface area contributed by atoms with E-state index < -0.39 is 0 Å². The Balaban J connectivity index is 1.61. The van der Waals surface area contributed by atoms with E-state index >= 15 is 0 Å². The first-order valence-corrected chi connectivity index (χ1v) is 8.59. The normalized spacial score (nSPS) is 14.0. The van der Waals surface area contributed by atoms with Gasteiger partial charge in [0, 0.05) is 11.4 Å². The van der Waals surface area contributed by atoms with Crippen LogP contribution in [0.2, 0.25) is 0 Å². The van der Waals surface area contributed by atoms with Crippen molar-refractivity contribution >= 4 is 22.4 Å². The van der Waals surface area contributed by atoms with E-state index in [2.05, 4.69) is 10.3 Å². The van der Waals surface area contributed by atoms with Gasteiger partial charge in [-0.15, -0.1) is 11.3 Å². The van der Waals surface area contributed by atoms with Crippen molar-refractivity contribution in [3.63, 3.8) is 0 Å². The minimum Gasteiger partial charge on any atom is -0.454 e. The van der Waals surface area contributed by atoms with Gasteiger partial charge in [0.05, 0.1) is 11.7 Å². The topological polar surface area (TPSA) is 63.7 Å². The van der Waals surface area contributed by atoms with Crippen molar-refractivity contribution in [2.75, 3.05) is 19.2 Å². The molecule has 1 atom stereocenters. The summed E-state index contributed by atoms with van der Waals surface area (Å²) in [5.41, 5.74) is 2.03. The van der Waals surface area contributed by atoms with Crippen LogP contribution < -0.4 is 14.8 Å². The van der Waals surface area contributed by atoms with Gasteiger partial charge in [-0.1, -0.05) is 6.07 Å². The first kappa shape index (κ1) is 16.7. The molecule has 0 bridgehead atoms. The summed E-state index contributed by atoms with van der Waals surface area (Å²) in [4.78, 5) is 19.9. The number of aryl methyl sites for hydroxylation is 2. The molecular weight excluding hydrogens is 326 g/mol. The highest BCUT2D eigenvalue weighted by atomic mass is 32.1. The monoisotopic (exact) mass is 347 g/mol. The summed E-state index contributed by atoms with van der Waals surface area (Å²) in [6, 6.07) is 5.57. The molecular formula is C17H21N3O3S. The van der Waals surface area contributed by atoms with E-state index in [1.807, 2.05) is 50.9 Å². The van der Waals surface area contributed by atoms with Crippen LogP contribution in [0.3, 0.4) is 0 Å². The second-order valence-corrected chi connectivity index (χ2v) is 7.13.